The Balaban J connectivity index is 1.80. The molecule has 2 aromatic carbocycles. The molecule has 1 N–H and O–H groups in total. The predicted octanol–water partition coefficient (Wildman–Crippen LogP) is 3.70. The second-order valence-electron chi connectivity index (χ2n) is 5.25. The highest BCUT2D eigenvalue weighted by atomic mass is 16.5. The van der Waals surface area contributed by atoms with E-state index >= 15 is 0 Å². The second kappa shape index (κ2) is 8.72. The van der Waals surface area contributed by atoms with E-state index < -0.39 is 0 Å². The highest BCUT2D eigenvalue weighted by molar-refractivity contribution is 5.97. The Bertz CT molecular complexity index is 695. The van der Waals surface area contributed by atoms with Crippen LogP contribution >= 0.6 is 0 Å². The lowest BCUT2D eigenvalue weighted by molar-refractivity contribution is -0.116. The van der Waals surface area contributed by atoms with Gasteiger partial charge in [-0.2, -0.15) is 0 Å². The van der Waals surface area contributed by atoms with Crippen molar-refractivity contribution in [1.29, 1.82) is 0 Å². The zero-order valence-electron chi connectivity index (χ0n) is 13.9. The van der Waals surface area contributed by atoms with Gasteiger partial charge in [0, 0.05) is 18.4 Å². The molecule has 2 aromatic rings. The lowest BCUT2D eigenvalue weighted by atomic mass is 10.1. The first-order valence-corrected chi connectivity index (χ1v) is 7.74. The van der Waals surface area contributed by atoms with Crippen molar-refractivity contribution in [3.8, 4) is 11.5 Å². The Labute approximate surface area is 141 Å². The van der Waals surface area contributed by atoms with Crippen molar-refractivity contribution >= 4 is 17.4 Å². The molecule has 0 atom stereocenters. The standard InChI is InChI=1S/C19H21NO4/c1-23-15-12-10-14(11-13-15)17(21)7-5-9-19(22)20-16-6-3-4-8-18(16)24-2/h3-4,6,8,10-13H,5,7,9H2,1-2H3,(H,20,22). The smallest absolute Gasteiger partial charge is 0.224 e. The van der Waals surface area contributed by atoms with Crippen LogP contribution < -0.4 is 14.8 Å². The lowest BCUT2D eigenvalue weighted by Crippen LogP contribution is -2.12. The topological polar surface area (TPSA) is 64.6 Å². The average molecular weight is 327 g/mol. The van der Waals surface area contributed by atoms with Gasteiger partial charge in [0.1, 0.15) is 11.5 Å². The Hall–Kier alpha value is -2.82. The molecular formula is C19H21NO4. The van der Waals surface area contributed by atoms with Crippen molar-refractivity contribution in [1.82, 2.24) is 0 Å². The molecule has 0 fully saturated rings. The number of anilines is 1. The fourth-order valence-electron chi connectivity index (χ4n) is 2.29. The monoisotopic (exact) mass is 327 g/mol. The lowest BCUT2D eigenvalue weighted by Gasteiger charge is -2.09. The van der Waals surface area contributed by atoms with Crippen molar-refractivity contribution in [2.45, 2.75) is 19.3 Å². The van der Waals surface area contributed by atoms with E-state index in [1.54, 1.807) is 50.6 Å². The maximum Gasteiger partial charge on any atom is 0.224 e. The number of benzene rings is 2. The van der Waals surface area contributed by atoms with Gasteiger partial charge in [-0.25, -0.2) is 0 Å². The number of hydrogen-bond donors (Lipinski definition) is 1. The van der Waals surface area contributed by atoms with Crippen LogP contribution in [0, 0.1) is 0 Å². The number of ketones is 1. The Morgan fingerprint density at radius 3 is 2.29 bits per heavy atom. The van der Waals surface area contributed by atoms with Crippen LogP contribution in [0.1, 0.15) is 29.6 Å². The summed E-state index contributed by atoms with van der Waals surface area (Å²) in [5.41, 5.74) is 1.26. The predicted molar refractivity (Wildman–Crippen MR) is 92.8 cm³/mol. The van der Waals surface area contributed by atoms with E-state index in [9.17, 15) is 9.59 Å². The van der Waals surface area contributed by atoms with Gasteiger partial charge < -0.3 is 14.8 Å². The van der Waals surface area contributed by atoms with Gasteiger partial charge in [-0.3, -0.25) is 9.59 Å². The van der Waals surface area contributed by atoms with Gasteiger partial charge in [-0.15, -0.1) is 0 Å². The number of nitrogens with one attached hydrogen (secondary N) is 1. The maximum absolute atomic E-state index is 12.1. The number of para-hydroxylation sites is 2. The minimum Gasteiger partial charge on any atom is -0.497 e. The zero-order chi connectivity index (χ0) is 17.4. The molecule has 0 bridgehead atoms. The largest absolute Gasteiger partial charge is 0.497 e. The van der Waals surface area contributed by atoms with E-state index in [1.807, 2.05) is 12.1 Å². The third kappa shape index (κ3) is 4.84. The van der Waals surface area contributed by atoms with E-state index in [-0.39, 0.29) is 18.1 Å². The van der Waals surface area contributed by atoms with E-state index in [1.165, 1.54) is 0 Å². The summed E-state index contributed by atoms with van der Waals surface area (Å²) in [7, 11) is 3.13. The third-order valence-corrected chi connectivity index (χ3v) is 3.60. The van der Waals surface area contributed by atoms with Crippen LogP contribution in [0.3, 0.4) is 0 Å². The van der Waals surface area contributed by atoms with Crippen molar-refractivity contribution in [2.24, 2.45) is 0 Å². The minimum atomic E-state index is -0.137. The van der Waals surface area contributed by atoms with Crippen molar-refractivity contribution in [3.63, 3.8) is 0 Å². The first-order valence-electron chi connectivity index (χ1n) is 7.74. The van der Waals surface area contributed by atoms with E-state index in [0.717, 1.165) is 0 Å². The van der Waals surface area contributed by atoms with Crippen LogP contribution in [0.5, 0.6) is 11.5 Å². The van der Waals surface area contributed by atoms with Crippen molar-refractivity contribution < 1.29 is 19.1 Å². The number of carbonyl (C=O) groups is 2. The van der Waals surface area contributed by atoms with Crippen molar-refractivity contribution in [3.05, 3.63) is 54.1 Å². The number of rotatable bonds is 8. The average Bonchev–Trinajstić information content (AvgIpc) is 2.62. The normalized spacial score (nSPS) is 10.1. The molecule has 0 aliphatic heterocycles. The van der Waals surface area contributed by atoms with Crippen LogP contribution in [-0.2, 0) is 4.79 Å². The quantitative estimate of drug-likeness (QED) is 0.751. The SMILES string of the molecule is COc1ccc(C(=O)CCCC(=O)Nc2ccccc2OC)cc1. The van der Waals surface area contributed by atoms with E-state index in [4.69, 9.17) is 9.47 Å². The van der Waals surface area contributed by atoms with E-state index in [0.29, 0.717) is 35.6 Å². The highest BCUT2D eigenvalue weighted by Crippen LogP contribution is 2.23. The fraction of sp³-hybridized carbons (Fsp3) is 0.263. The Kier molecular flexibility index (Phi) is 6.37. The molecule has 0 saturated heterocycles. The van der Waals surface area contributed by atoms with Gasteiger partial charge in [0.2, 0.25) is 5.91 Å². The Morgan fingerprint density at radius 1 is 0.917 bits per heavy atom. The van der Waals surface area contributed by atoms with Gasteiger partial charge in [0.15, 0.2) is 5.78 Å². The summed E-state index contributed by atoms with van der Waals surface area (Å²) in [6, 6.07) is 14.2. The molecule has 0 unspecified atom stereocenters. The number of ether oxygens (including phenoxy) is 2. The summed E-state index contributed by atoms with van der Waals surface area (Å²) >= 11 is 0. The third-order valence-electron chi connectivity index (χ3n) is 3.60. The minimum absolute atomic E-state index is 0.0164. The van der Waals surface area contributed by atoms with Crippen LogP contribution in [0.15, 0.2) is 48.5 Å². The summed E-state index contributed by atoms with van der Waals surface area (Å²) in [4.78, 5) is 24.1. The first-order chi connectivity index (χ1) is 11.6. The molecule has 0 aromatic heterocycles. The second-order valence-corrected chi connectivity index (χ2v) is 5.25. The zero-order valence-corrected chi connectivity index (χ0v) is 13.9. The summed E-state index contributed by atoms with van der Waals surface area (Å²) in [5, 5.41) is 2.80. The van der Waals surface area contributed by atoms with Crippen molar-refractivity contribution in [2.75, 3.05) is 19.5 Å². The molecule has 24 heavy (non-hydrogen) atoms. The number of methoxy groups -OCH3 is 2. The number of Topliss-reactive ketones (excluding diaryl/α,β-unsaturated/α-hetero) is 1. The molecule has 1 amide bonds. The fourth-order valence-corrected chi connectivity index (χ4v) is 2.29. The number of carbonyl (C=O) groups excluding carboxylic acids is 2. The highest BCUT2D eigenvalue weighted by Gasteiger charge is 2.10. The molecular weight excluding hydrogens is 306 g/mol. The van der Waals surface area contributed by atoms with Gasteiger partial charge in [-0.05, 0) is 42.8 Å². The summed E-state index contributed by atoms with van der Waals surface area (Å²) < 4.78 is 10.2. The van der Waals surface area contributed by atoms with Gasteiger partial charge in [-0.1, -0.05) is 12.1 Å². The van der Waals surface area contributed by atoms with Crippen LogP contribution in [0.25, 0.3) is 0 Å². The summed E-state index contributed by atoms with van der Waals surface area (Å²) in [6.07, 6.45) is 1.09. The maximum atomic E-state index is 12.1. The molecule has 0 radical (unpaired) electrons. The van der Waals surface area contributed by atoms with Crippen LogP contribution in [-0.4, -0.2) is 25.9 Å². The summed E-state index contributed by atoms with van der Waals surface area (Å²) in [6.45, 7) is 0. The molecule has 126 valence electrons. The molecule has 5 heteroatoms. The molecule has 2 rings (SSSR count). The van der Waals surface area contributed by atoms with Gasteiger partial charge in [0.25, 0.3) is 0 Å². The number of amides is 1. The van der Waals surface area contributed by atoms with Gasteiger partial charge >= 0.3 is 0 Å². The molecule has 0 aliphatic carbocycles. The molecule has 0 aliphatic rings. The molecule has 5 nitrogen and oxygen atoms in total. The molecule has 0 heterocycles. The number of hydrogen-bond acceptors (Lipinski definition) is 4. The van der Waals surface area contributed by atoms with Gasteiger partial charge in [0.05, 0.1) is 19.9 Å². The Morgan fingerprint density at radius 2 is 1.62 bits per heavy atom. The molecule has 0 saturated carbocycles. The van der Waals surface area contributed by atoms with Crippen LogP contribution in [0.4, 0.5) is 5.69 Å². The van der Waals surface area contributed by atoms with Crippen LogP contribution in [0.2, 0.25) is 0 Å². The first kappa shape index (κ1) is 17.5. The molecule has 0 spiro atoms. The van der Waals surface area contributed by atoms with E-state index in [2.05, 4.69) is 5.32 Å². The summed E-state index contributed by atoms with van der Waals surface area (Å²) in [5.74, 6) is 1.20.